The molecule has 0 amide bonds. The van der Waals surface area contributed by atoms with Gasteiger partial charge < -0.3 is 10.2 Å². The molecule has 92 valence electrons. The molecule has 0 bridgehead atoms. The van der Waals surface area contributed by atoms with E-state index < -0.39 is 0 Å². The van der Waals surface area contributed by atoms with Crippen molar-refractivity contribution in [1.29, 1.82) is 0 Å². The summed E-state index contributed by atoms with van der Waals surface area (Å²) < 4.78 is 0. The van der Waals surface area contributed by atoms with Crippen molar-refractivity contribution in [2.24, 2.45) is 0 Å². The monoisotopic (exact) mass is 232 g/mol. The summed E-state index contributed by atoms with van der Waals surface area (Å²) in [5.74, 6) is 1.21. The highest BCUT2D eigenvalue weighted by Crippen LogP contribution is 2.26. The second-order valence-corrected chi connectivity index (χ2v) is 4.92. The van der Waals surface area contributed by atoms with Crippen molar-refractivity contribution in [2.45, 2.75) is 32.1 Å². The van der Waals surface area contributed by atoms with Gasteiger partial charge >= 0.3 is 0 Å². The molecule has 4 heteroatoms. The Balaban J connectivity index is 1.92. The van der Waals surface area contributed by atoms with Gasteiger partial charge in [-0.2, -0.15) is 0 Å². The third-order valence-corrected chi connectivity index (χ3v) is 3.77. The van der Waals surface area contributed by atoms with E-state index >= 15 is 0 Å². The number of rotatable bonds is 1. The predicted molar refractivity (Wildman–Crippen MR) is 68.4 cm³/mol. The first kappa shape index (κ1) is 11.0. The minimum atomic E-state index is 1.07. The van der Waals surface area contributed by atoms with E-state index in [9.17, 15) is 0 Å². The third kappa shape index (κ3) is 2.27. The van der Waals surface area contributed by atoms with Crippen LogP contribution in [-0.4, -0.2) is 36.1 Å². The summed E-state index contributed by atoms with van der Waals surface area (Å²) in [7, 11) is 0. The molecule has 0 aromatic carbocycles. The van der Waals surface area contributed by atoms with Gasteiger partial charge in [0, 0.05) is 37.4 Å². The number of piperazine rings is 1. The molecule has 1 saturated heterocycles. The Bertz CT molecular complexity index is 385. The van der Waals surface area contributed by atoms with Crippen LogP contribution in [0.1, 0.15) is 30.5 Å². The van der Waals surface area contributed by atoms with E-state index in [0.29, 0.717) is 0 Å². The Morgan fingerprint density at radius 2 is 1.82 bits per heavy atom. The molecule has 1 aliphatic heterocycles. The maximum Gasteiger partial charge on any atom is 0.135 e. The number of fused-ring (bicyclic) bond motifs is 1. The molecule has 3 rings (SSSR count). The summed E-state index contributed by atoms with van der Waals surface area (Å²) in [6.07, 6.45) is 7.95. The lowest BCUT2D eigenvalue weighted by Crippen LogP contribution is -2.44. The molecule has 2 heterocycles. The molecule has 1 fully saturated rings. The van der Waals surface area contributed by atoms with Gasteiger partial charge in [-0.25, -0.2) is 9.97 Å². The van der Waals surface area contributed by atoms with Crippen molar-refractivity contribution in [3.05, 3.63) is 17.6 Å². The number of anilines is 1. The zero-order valence-electron chi connectivity index (χ0n) is 10.3. The molecule has 1 aliphatic carbocycles. The number of nitrogens with zero attached hydrogens (tertiary/aromatic N) is 3. The van der Waals surface area contributed by atoms with Gasteiger partial charge in [0.1, 0.15) is 12.1 Å². The Hall–Kier alpha value is -1.16. The summed E-state index contributed by atoms with van der Waals surface area (Å²) in [5.41, 5.74) is 2.72. The largest absolute Gasteiger partial charge is 0.354 e. The Kier molecular flexibility index (Phi) is 3.22. The van der Waals surface area contributed by atoms with Crippen LogP contribution in [0.3, 0.4) is 0 Å². The molecule has 0 radical (unpaired) electrons. The van der Waals surface area contributed by atoms with Crippen LogP contribution < -0.4 is 10.2 Å². The van der Waals surface area contributed by atoms with Crippen molar-refractivity contribution < 1.29 is 0 Å². The fourth-order valence-electron chi connectivity index (χ4n) is 2.83. The number of aryl methyl sites for hydroxylation is 1. The molecule has 1 N–H and O–H groups in total. The van der Waals surface area contributed by atoms with Gasteiger partial charge in [0.2, 0.25) is 0 Å². The molecule has 1 aromatic rings. The van der Waals surface area contributed by atoms with E-state index in [2.05, 4.69) is 20.2 Å². The topological polar surface area (TPSA) is 41.1 Å². The first-order chi connectivity index (χ1) is 8.45. The smallest absolute Gasteiger partial charge is 0.135 e. The van der Waals surface area contributed by atoms with Gasteiger partial charge in [-0.1, -0.05) is 6.42 Å². The highest BCUT2D eigenvalue weighted by Gasteiger charge is 2.19. The summed E-state index contributed by atoms with van der Waals surface area (Å²) in [4.78, 5) is 11.4. The van der Waals surface area contributed by atoms with Crippen LogP contribution in [-0.2, 0) is 12.8 Å². The molecule has 0 spiro atoms. The molecule has 0 saturated carbocycles. The lowest BCUT2D eigenvalue weighted by atomic mass is 10.1. The van der Waals surface area contributed by atoms with E-state index in [1.165, 1.54) is 36.3 Å². The van der Waals surface area contributed by atoms with Gasteiger partial charge in [0.25, 0.3) is 0 Å². The molecule has 2 aliphatic rings. The van der Waals surface area contributed by atoms with Crippen LogP contribution in [0.2, 0.25) is 0 Å². The van der Waals surface area contributed by atoms with Crippen LogP contribution >= 0.6 is 0 Å². The fraction of sp³-hybridized carbons (Fsp3) is 0.692. The first-order valence-electron chi connectivity index (χ1n) is 6.73. The van der Waals surface area contributed by atoms with Crippen molar-refractivity contribution >= 4 is 5.82 Å². The number of nitrogens with one attached hydrogen (secondary N) is 1. The summed E-state index contributed by atoms with van der Waals surface area (Å²) in [6, 6.07) is 0. The minimum absolute atomic E-state index is 1.07. The Labute approximate surface area is 102 Å². The van der Waals surface area contributed by atoms with E-state index in [4.69, 9.17) is 0 Å². The second-order valence-electron chi connectivity index (χ2n) is 4.92. The Morgan fingerprint density at radius 3 is 2.71 bits per heavy atom. The van der Waals surface area contributed by atoms with Crippen LogP contribution in [0.15, 0.2) is 6.33 Å². The van der Waals surface area contributed by atoms with E-state index in [0.717, 1.165) is 39.0 Å². The minimum Gasteiger partial charge on any atom is -0.354 e. The SMILES string of the molecule is c1nc2c(c(N3CCNCC3)n1)CCCCC2. The highest BCUT2D eigenvalue weighted by atomic mass is 15.2. The third-order valence-electron chi connectivity index (χ3n) is 3.77. The lowest BCUT2D eigenvalue weighted by Gasteiger charge is -2.30. The number of hydrogen-bond acceptors (Lipinski definition) is 4. The van der Waals surface area contributed by atoms with Crippen molar-refractivity contribution in [3.8, 4) is 0 Å². The Morgan fingerprint density at radius 1 is 1.00 bits per heavy atom. The van der Waals surface area contributed by atoms with Gasteiger partial charge in [-0.3, -0.25) is 0 Å². The van der Waals surface area contributed by atoms with Crippen molar-refractivity contribution in [1.82, 2.24) is 15.3 Å². The molecule has 17 heavy (non-hydrogen) atoms. The van der Waals surface area contributed by atoms with E-state index in [1.807, 2.05) is 0 Å². The highest BCUT2D eigenvalue weighted by molar-refractivity contribution is 5.49. The van der Waals surface area contributed by atoms with Gasteiger partial charge in [0.05, 0.1) is 0 Å². The summed E-state index contributed by atoms with van der Waals surface area (Å²) in [5, 5.41) is 3.39. The van der Waals surface area contributed by atoms with Crippen LogP contribution in [0, 0.1) is 0 Å². The molecular formula is C13H20N4. The van der Waals surface area contributed by atoms with Gasteiger partial charge in [-0.15, -0.1) is 0 Å². The number of hydrogen-bond donors (Lipinski definition) is 1. The van der Waals surface area contributed by atoms with Crippen molar-refractivity contribution in [3.63, 3.8) is 0 Å². The van der Waals surface area contributed by atoms with Crippen molar-refractivity contribution in [2.75, 3.05) is 31.1 Å². The van der Waals surface area contributed by atoms with E-state index in [-0.39, 0.29) is 0 Å². The molecular weight excluding hydrogens is 212 g/mol. The maximum absolute atomic E-state index is 4.54. The lowest BCUT2D eigenvalue weighted by molar-refractivity contribution is 0.582. The average Bonchev–Trinajstić information content (AvgIpc) is 2.64. The average molecular weight is 232 g/mol. The first-order valence-corrected chi connectivity index (χ1v) is 6.73. The van der Waals surface area contributed by atoms with Gasteiger partial charge in [-0.05, 0) is 25.7 Å². The fourth-order valence-corrected chi connectivity index (χ4v) is 2.83. The zero-order valence-corrected chi connectivity index (χ0v) is 10.3. The summed E-state index contributed by atoms with van der Waals surface area (Å²) >= 11 is 0. The van der Waals surface area contributed by atoms with Crippen LogP contribution in [0.4, 0.5) is 5.82 Å². The summed E-state index contributed by atoms with van der Waals surface area (Å²) in [6.45, 7) is 4.28. The van der Waals surface area contributed by atoms with Crippen LogP contribution in [0.25, 0.3) is 0 Å². The second kappa shape index (κ2) is 5.00. The van der Waals surface area contributed by atoms with Crippen LogP contribution in [0.5, 0.6) is 0 Å². The molecule has 0 unspecified atom stereocenters. The quantitative estimate of drug-likeness (QED) is 0.738. The molecule has 0 atom stereocenters. The zero-order chi connectivity index (χ0) is 11.5. The van der Waals surface area contributed by atoms with E-state index in [1.54, 1.807) is 6.33 Å². The molecule has 4 nitrogen and oxygen atoms in total. The predicted octanol–water partition coefficient (Wildman–Crippen LogP) is 1.16. The number of aromatic nitrogens is 2. The maximum atomic E-state index is 4.54. The standard InChI is InChI=1S/C13H20N4/c1-2-4-11-12(5-3-1)15-10-16-13(11)17-8-6-14-7-9-17/h10,14H,1-9H2. The normalized spacial score (nSPS) is 20.8. The van der Waals surface area contributed by atoms with Gasteiger partial charge in [0.15, 0.2) is 0 Å². The molecule has 1 aromatic heterocycles.